The topological polar surface area (TPSA) is 237 Å². The smallest absolute Gasteiger partial charge is 0.462 e. The molecule has 0 aliphatic heterocycles. The summed E-state index contributed by atoms with van der Waals surface area (Å²) in [4.78, 5) is 72.5. The molecule has 0 aromatic rings. The van der Waals surface area contributed by atoms with E-state index in [9.17, 15) is 43.2 Å². The zero-order valence-electron chi connectivity index (χ0n) is 59.9. The van der Waals surface area contributed by atoms with Crippen molar-refractivity contribution in [1.29, 1.82) is 0 Å². The number of carbonyl (C=O) groups is 4. The van der Waals surface area contributed by atoms with Gasteiger partial charge in [-0.2, -0.15) is 0 Å². The first-order valence-electron chi connectivity index (χ1n) is 38.0. The highest BCUT2D eigenvalue weighted by atomic mass is 31.2. The summed E-state index contributed by atoms with van der Waals surface area (Å²) in [6, 6.07) is 0. The van der Waals surface area contributed by atoms with Crippen LogP contribution < -0.4 is 0 Å². The molecule has 546 valence electrons. The van der Waals surface area contributed by atoms with Crippen LogP contribution in [0.3, 0.4) is 0 Å². The van der Waals surface area contributed by atoms with Crippen molar-refractivity contribution in [3.05, 3.63) is 0 Å². The number of esters is 4. The number of phosphoric ester groups is 2. The van der Waals surface area contributed by atoms with Gasteiger partial charge < -0.3 is 33.8 Å². The van der Waals surface area contributed by atoms with E-state index in [1.54, 1.807) is 0 Å². The van der Waals surface area contributed by atoms with Gasteiger partial charge in [0.25, 0.3) is 0 Å². The predicted octanol–water partition coefficient (Wildman–Crippen LogP) is 21.2. The monoisotopic (exact) mass is 1350 g/mol. The van der Waals surface area contributed by atoms with Crippen LogP contribution in [0.4, 0.5) is 0 Å². The zero-order valence-corrected chi connectivity index (χ0v) is 61.6. The van der Waals surface area contributed by atoms with Gasteiger partial charge >= 0.3 is 39.5 Å². The van der Waals surface area contributed by atoms with E-state index < -0.39 is 97.5 Å². The van der Waals surface area contributed by atoms with E-state index in [0.29, 0.717) is 31.6 Å². The van der Waals surface area contributed by atoms with Crippen molar-refractivity contribution in [2.75, 3.05) is 39.6 Å². The van der Waals surface area contributed by atoms with E-state index in [1.807, 2.05) is 0 Å². The maximum atomic E-state index is 13.0. The number of unbranched alkanes of at least 4 members (excludes halogenated alkanes) is 42. The summed E-state index contributed by atoms with van der Waals surface area (Å²) < 4.78 is 68.2. The molecule has 0 saturated heterocycles. The van der Waals surface area contributed by atoms with Gasteiger partial charge in [0.15, 0.2) is 12.2 Å². The third-order valence-electron chi connectivity index (χ3n) is 17.0. The SMILES string of the molecule is CCCCCCCCCCCCCCCCCCCCCCCCC(=O)O[C@H](COC(=O)CCCCCCCCCCCC(C)C)COP(=O)(O)OC[C@@H](O)COP(=O)(O)OC[C@@H](COC(=O)CCCCCCCCCC)OC(=O)CCCCCCCCCC(C)C. The average Bonchev–Trinajstić information content (AvgIpc) is 2.13. The fourth-order valence-electron chi connectivity index (χ4n) is 11.1. The average molecular weight is 1350 g/mol. The van der Waals surface area contributed by atoms with Crippen molar-refractivity contribution in [3.63, 3.8) is 0 Å². The van der Waals surface area contributed by atoms with Crippen LogP contribution in [0.1, 0.15) is 375 Å². The molecule has 92 heavy (non-hydrogen) atoms. The molecule has 0 heterocycles. The quantitative estimate of drug-likeness (QED) is 0.0222. The summed E-state index contributed by atoms with van der Waals surface area (Å²) in [5.74, 6) is -0.688. The molecule has 0 rings (SSSR count). The third-order valence-corrected chi connectivity index (χ3v) is 18.9. The van der Waals surface area contributed by atoms with E-state index in [-0.39, 0.29) is 25.7 Å². The van der Waals surface area contributed by atoms with Crippen LogP contribution in [0, 0.1) is 11.8 Å². The molecule has 0 aromatic carbocycles. The number of hydrogen-bond donors (Lipinski definition) is 3. The highest BCUT2D eigenvalue weighted by Gasteiger charge is 2.30. The molecule has 3 N–H and O–H groups in total. The van der Waals surface area contributed by atoms with Crippen LogP contribution >= 0.6 is 15.6 Å². The van der Waals surface area contributed by atoms with Crippen LogP contribution in [0.25, 0.3) is 0 Å². The molecule has 0 aliphatic rings. The lowest BCUT2D eigenvalue weighted by atomic mass is 10.0. The van der Waals surface area contributed by atoms with Crippen LogP contribution in [0.5, 0.6) is 0 Å². The molecule has 2 unspecified atom stereocenters. The second-order valence-electron chi connectivity index (χ2n) is 27.3. The lowest BCUT2D eigenvalue weighted by Gasteiger charge is -2.21. The van der Waals surface area contributed by atoms with Gasteiger partial charge in [-0.15, -0.1) is 0 Å². The van der Waals surface area contributed by atoms with Crippen LogP contribution in [0.2, 0.25) is 0 Å². The molecule has 17 nitrogen and oxygen atoms in total. The third kappa shape index (κ3) is 66.7. The largest absolute Gasteiger partial charge is 0.472 e. The molecular weight excluding hydrogens is 1210 g/mol. The van der Waals surface area contributed by atoms with Gasteiger partial charge in [0.05, 0.1) is 26.4 Å². The van der Waals surface area contributed by atoms with Gasteiger partial charge in [-0.3, -0.25) is 37.3 Å². The summed E-state index contributed by atoms with van der Waals surface area (Å²) in [5.41, 5.74) is 0. The summed E-state index contributed by atoms with van der Waals surface area (Å²) >= 11 is 0. The first kappa shape index (κ1) is 90.1. The van der Waals surface area contributed by atoms with Gasteiger partial charge in [0.1, 0.15) is 19.3 Å². The van der Waals surface area contributed by atoms with Crippen molar-refractivity contribution in [2.45, 2.75) is 394 Å². The molecule has 0 aliphatic carbocycles. The predicted molar refractivity (Wildman–Crippen MR) is 372 cm³/mol. The fourth-order valence-corrected chi connectivity index (χ4v) is 12.7. The molecule has 0 fully saturated rings. The lowest BCUT2D eigenvalue weighted by Crippen LogP contribution is -2.30. The maximum absolute atomic E-state index is 13.0. The molecule has 0 saturated carbocycles. The highest BCUT2D eigenvalue weighted by molar-refractivity contribution is 7.47. The number of phosphoric acid groups is 2. The van der Waals surface area contributed by atoms with Crippen LogP contribution in [-0.2, 0) is 65.4 Å². The van der Waals surface area contributed by atoms with Crippen LogP contribution in [-0.4, -0.2) is 96.7 Å². The molecule has 0 radical (unpaired) electrons. The normalized spacial score (nSPS) is 14.1. The Morgan fingerprint density at radius 3 is 0.739 bits per heavy atom. The Balaban J connectivity index is 5.13. The van der Waals surface area contributed by atoms with E-state index in [0.717, 1.165) is 102 Å². The standard InChI is InChI=1S/C73H142O17P2/c1-7-9-11-13-15-17-18-19-20-21-22-23-24-25-26-27-28-29-32-39-45-51-57-72(77)89-68(62-84-71(76)56-50-44-38-33-30-31-35-41-47-53-65(3)4)63-87-91(79,80)85-59-67(74)60-86-92(81,82)88-64-69(61-83-70(75)55-49-43-37-16-14-12-10-8-2)90-73(78)58-52-46-40-34-36-42-48-54-66(5)6/h65-69,74H,7-64H2,1-6H3,(H,79,80)(H,81,82)/t67-,68-,69-/m1/s1. The van der Waals surface area contributed by atoms with Gasteiger partial charge in [0.2, 0.25) is 0 Å². The summed E-state index contributed by atoms with van der Waals surface area (Å²) in [7, 11) is -9.90. The maximum Gasteiger partial charge on any atom is 0.472 e. The van der Waals surface area contributed by atoms with Crippen molar-refractivity contribution in [3.8, 4) is 0 Å². The summed E-state index contributed by atoms with van der Waals surface area (Å²) in [5, 5.41) is 10.6. The van der Waals surface area contributed by atoms with E-state index >= 15 is 0 Å². The molecule has 0 spiro atoms. The number of carbonyl (C=O) groups excluding carboxylic acids is 4. The lowest BCUT2D eigenvalue weighted by molar-refractivity contribution is -0.161. The first-order chi connectivity index (χ1) is 44.4. The second-order valence-corrected chi connectivity index (χ2v) is 30.2. The Bertz CT molecular complexity index is 1790. The number of rotatable bonds is 72. The summed E-state index contributed by atoms with van der Waals surface area (Å²) in [6.07, 6.45) is 51.8. The van der Waals surface area contributed by atoms with Crippen molar-refractivity contribution in [2.24, 2.45) is 11.8 Å². The number of aliphatic hydroxyl groups is 1. The molecule has 19 heteroatoms. The minimum atomic E-state index is -4.95. The Labute approximate surface area is 562 Å². The number of hydrogen-bond acceptors (Lipinski definition) is 15. The zero-order chi connectivity index (χ0) is 67.9. The molecule has 5 atom stereocenters. The molecule has 0 aromatic heterocycles. The van der Waals surface area contributed by atoms with E-state index in [1.165, 1.54) is 186 Å². The van der Waals surface area contributed by atoms with Gasteiger partial charge in [0, 0.05) is 25.7 Å². The first-order valence-corrected chi connectivity index (χ1v) is 41.0. The Kier molecular flexibility index (Phi) is 63.7. The highest BCUT2D eigenvalue weighted by Crippen LogP contribution is 2.45. The van der Waals surface area contributed by atoms with Crippen molar-refractivity contribution in [1.82, 2.24) is 0 Å². The minimum Gasteiger partial charge on any atom is -0.462 e. The molecule has 0 bridgehead atoms. The fraction of sp³-hybridized carbons (Fsp3) is 0.945. The molecule has 0 amide bonds. The number of ether oxygens (including phenoxy) is 4. The van der Waals surface area contributed by atoms with Gasteiger partial charge in [-0.05, 0) is 37.5 Å². The van der Waals surface area contributed by atoms with Crippen molar-refractivity contribution >= 4 is 39.5 Å². The Morgan fingerprint density at radius 2 is 0.500 bits per heavy atom. The Morgan fingerprint density at radius 1 is 0.293 bits per heavy atom. The van der Waals surface area contributed by atoms with Gasteiger partial charge in [-0.25, -0.2) is 9.13 Å². The van der Waals surface area contributed by atoms with E-state index in [2.05, 4.69) is 41.5 Å². The summed E-state index contributed by atoms with van der Waals surface area (Å²) in [6.45, 7) is 9.45. The van der Waals surface area contributed by atoms with Gasteiger partial charge in [-0.1, -0.05) is 324 Å². The van der Waals surface area contributed by atoms with E-state index in [4.69, 9.17) is 37.0 Å². The van der Waals surface area contributed by atoms with Crippen molar-refractivity contribution < 1.29 is 80.2 Å². The molecular formula is C73H142O17P2. The van der Waals surface area contributed by atoms with Crippen LogP contribution in [0.15, 0.2) is 0 Å². The number of aliphatic hydroxyl groups excluding tert-OH is 1. The second kappa shape index (κ2) is 65.0. The Hall–Kier alpha value is -1.94. The minimum absolute atomic E-state index is 0.103.